The number of carboxylic acid groups (broad SMARTS) is 1. The fourth-order valence-corrected chi connectivity index (χ4v) is 4.54. The zero-order chi connectivity index (χ0) is 13.9. The number of hydrogen-bond donors (Lipinski definition) is 1. The summed E-state index contributed by atoms with van der Waals surface area (Å²) in [5, 5.41) is 10.8. The van der Waals surface area contributed by atoms with Crippen molar-refractivity contribution in [2.24, 2.45) is 5.92 Å². The van der Waals surface area contributed by atoms with E-state index in [9.17, 15) is 13.2 Å². The maximum absolute atomic E-state index is 12.1. The Balaban J connectivity index is 1.88. The Bertz CT molecular complexity index is 516. The van der Waals surface area contributed by atoms with Gasteiger partial charge in [-0.1, -0.05) is 6.07 Å². The molecule has 1 aliphatic heterocycles. The molecule has 106 valence electrons. The van der Waals surface area contributed by atoms with Crippen LogP contribution in [0, 0.1) is 5.92 Å². The minimum absolute atomic E-state index is 0.102. The van der Waals surface area contributed by atoms with E-state index in [0.717, 1.165) is 4.88 Å². The van der Waals surface area contributed by atoms with Gasteiger partial charge in [0, 0.05) is 18.0 Å². The van der Waals surface area contributed by atoms with Crippen molar-refractivity contribution in [1.29, 1.82) is 0 Å². The van der Waals surface area contributed by atoms with Crippen LogP contribution in [0.3, 0.4) is 0 Å². The summed E-state index contributed by atoms with van der Waals surface area (Å²) in [6.45, 7) is 0.646. The number of sulfonamides is 1. The van der Waals surface area contributed by atoms with Gasteiger partial charge >= 0.3 is 5.97 Å². The Morgan fingerprint density at radius 1 is 1.42 bits per heavy atom. The Morgan fingerprint density at radius 2 is 2.11 bits per heavy atom. The van der Waals surface area contributed by atoms with Crippen LogP contribution in [0.25, 0.3) is 0 Å². The summed E-state index contributed by atoms with van der Waals surface area (Å²) in [7, 11) is -3.26. The number of rotatable bonds is 5. The molecule has 0 radical (unpaired) electrons. The van der Waals surface area contributed by atoms with Gasteiger partial charge in [-0.15, -0.1) is 11.3 Å². The van der Waals surface area contributed by atoms with Crippen LogP contribution in [0.1, 0.15) is 17.7 Å². The predicted molar refractivity (Wildman–Crippen MR) is 73.7 cm³/mol. The number of carboxylic acids is 1. The van der Waals surface area contributed by atoms with E-state index < -0.39 is 21.9 Å². The first-order valence-electron chi connectivity index (χ1n) is 6.22. The molecule has 1 aromatic rings. The number of nitrogens with zero attached hydrogens (tertiary/aromatic N) is 1. The number of hydrogen-bond acceptors (Lipinski definition) is 4. The van der Waals surface area contributed by atoms with E-state index in [1.54, 1.807) is 11.3 Å². The number of carbonyl (C=O) groups is 1. The molecule has 0 aliphatic carbocycles. The lowest BCUT2D eigenvalue weighted by atomic mass is 9.99. The maximum atomic E-state index is 12.1. The molecular formula is C12H17NO4S2. The largest absolute Gasteiger partial charge is 0.481 e. The van der Waals surface area contributed by atoms with Crippen molar-refractivity contribution >= 4 is 27.3 Å². The predicted octanol–water partition coefficient (Wildman–Crippen LogP) is 1.42. The second kappa shape index (κ2) is 6.02. The van der Waals surface area contributed by atoms with E-state index in [0.29, 0.717) is 32.4 Å². The van der Waals surface area contributed by atoms with Crippen LogP contribution < -0.4 is 0 Å². The molecule has 19 heavy (non-hydrogen) atoms. The molecule has 1 aliphatic rings. The highest BCUT2D eigenvalue weighted by Gasteiger charge is 2.30. The van der Waals surface area contributed by atoms with E-state index >= 15 is 0 Å². The number of aliphatic carboxylic acids is 1. The Labute approximate surface area is 116 Å². The standard InChI is InChI=1S/C12H17NO4S2/c14-12(15)10-3-6-13(7-4-10)19(16,17)9-5-11-2-1-8-18-11/h1-2,8,10H,3-7,9H2,(H,14,15). The van der Waals surface area contributed by atoms with E-state index in [2.05, 4.69) is 0 Å². The van der Waals surface area contributed by atoms with Crippen molar-refractivity contribution in [1.82, 2.24) is 4.31 Å². The third-order valence-electron chi connectivity index (χ3n) is 3.38. The summed E-state index contributed by atoms with van der Waals surface area (Å²) < 4.78 is 25.7. The summed E-state index contributed by atoms with van der Waals surface area (Å²) in [6, 6.07) is 3.84. The highest BCUT2D eigenvalue weighted by atomic mass is 32.2. The lowest BCUT2D eigenvalue weighted by Gasteiger charge is -2.29. The average Bonchev–Trinajstić information content (AvgIpc) is 2.90. The van der Waals surface area contributed by atoms with Gasteiger partial charge in [0.05, 0.1) is 11.7 Å². The van der Waals surface area contributed by atoms with Crippen molar-refractivity contribution < 1.29 is 18.3 Å². The van der Waals surface area contributed by atoms with Crippen LogP contribution in [0.2, 0.25) is 0 Å². The number of piperidine rings is 1. The van der Waals surface area contributed by atoms with Crippen molar-refractivity contribution in [2.75, 3.05) is 18.8 Å². The summed E-state index contributed by atoms with van der Waals surface area (Å²) in [4.78, 5) is 11.9. The normalized spacial score (nSPS) is 18.5. The molecular weight excluding hydrogens is 286 g/mol. The fourth-order valence-electron chi connectivity index (χ4n) is 2.19. The average molecular weight is 303 g/mol. The van der Waals surface area contributed by atoms with Crippen molar-refractivity contribution in [2.45, 2.75) is 19.3 Å². The molecule has 2 heterocycles. The van der Waals surface area contributed by atoms with Gasteiger partial charge in [0.25, 0.3) is 0 Å². The van der Waals surface area contributed by atoms with Crippen molar-refractivity contribution in [3.05, 3.63) is 22.4 Å². The van der Waals surface area contributed by atoms with Crippen LogP contribution in [0.15, 0.2) is 17.5 Å². The molecule has 0 atom stereocenters. The van der Waals surface area contributed by atoms with E-state index in [1.807, 2.05) is 17.5 Å². The summed E-state index contributed by atoms with van der Waals surface area (Å²) in [5.74, 6) is -1.12. The lowest BCUT2D eigenvalue weighted by Crippen LogP contribution is -2.41. The fraction of sp³-hybridized carbons (Fsp3) is 0.583. The third kappa shape index (κ3) is 3.77. The molecule has 1 fully saturated rings. The molecule has 1 aromatic heterocycles. The van der Waals surface area contributed by atoms with Crippen LogP contribution in [0.4, 0.5) is 0 Å². The molecule has 0 amide bonds. The molecule has 2 rings (SSSR count). The third-order valence-corrected chi connectivity index (χ3v) is 6.19. The minimum atomic E-state index is -3.26. The number of aryl methyl sites for hydroxylation is 1. The first-order valence-corrected chi connectivity index (χ1v) is 8.71. The van der Waals surface area contributed by atoms with Gasteiger partial charge < -0.3 is 5.11 Å². The summed E-state index contributed by atoms with van der Waals surface area (Å²) >= 11 is 1.55. The first-order chi connectivity index (χ1) is 8.99. The molecule has 7 heteroatoms. The van der Waals surface area contributed by atoms with Gasteiger partial charge in [-0.2, -0.15) is 0 Å². The molecule has 0 unspecified atom stereocenters. The van der Waals surface area contributed by atoms with Crippen LogP contribution >= 0.6 is 11.3 Å². The molecule has 1 saturated heterocycles. The van der Waals surface area contributed by atoms with Crippen molar-refractivity contribution in [3.63, 3.8) is 0 Å². The lowest BCUT2D eigenvalue weighted by molar-refractivity contribution is -0.142. The molecule has 0 bridgehead atoms. The molecule has 5 nitrogen and oxygen atoms in total. The quantitative estimate of drug-likeness (QED) is 0.892. The van der Waals surface area contributed by atoms with Gasteiger partial charge in [0.15, 0.2) is 0 Å². The topological polar surface area (TPSA) is 74.7 Å². The zero-order valence-electron chi connectivity index (χ0n) is 10.5. The van der Waals surface area contributed by atoms with Gasteiger partial charge in [-0.3, -0.25) is 4.79 Å². The van der Waals surface area contributed by atoms with E-state index in [4.69, 9.17) is 5.11 Å². The van der Waals surface area contributed by atoms with Gasteiger partial charge in [-0.05, 0) is 30.7 Å². The molecule has 0 spiro atoms. The smallest absolute Gasteiger partial charge is 0.306 e. The molecule has 1 N–H and O–H groups in total. The maximum Gasteiger partial charge on any atom is 0.306 e. The minimum Gasteiger partial charge on any atom is -0.481 e. The molecule has 0 saturated carbocycles. The zero-order valence-corrected chi connectivity index (χ0v) is 12.1. The Kier molecular flexibility index (Phi) is 4.59. The highest BCUT2D eigenvalue weighted by molar-refractivity contribution is 7.89. The van der Waals surface area contributed by atoms with Gasteiger partial charge in [-0.25, -0.2) is 12.7 Å². The second-order valence-electron chi connectivity index (χ2n) is 4.66. The SMILES string of the molecule is O=C(O)C1CCN(S(=O)(=O)CCc2cccs2)CC1. The van der Waals surface area contributed by atoms with Crippen LogP contribution in [-0.4, -0.2) is 42.6 Å². The summed E-state index contributed by atoms with van der Waals surface area (Å²) in [5.41, 5.74) is 0. The molecule has 0 aromatic carbocycles. The van der Waals surface area contributed by atoms with Crippen LogP contribution in [-0.2, 0) is 21.2 Å². The van der Waals surface area contributed by atoms with E-state index in [1.165, 1.54) is 4.31 Å². The number of thiophene rings is 1. The Morgan fingerprint density at radius 3 is 2.63 bits per heavy atom. The van der Waals surface area contributed by atoms with Crippen LogP contribution in [0.5, 0.6) is 0 Å². The van der Waals surface area contributed by atoms with Gasteiger partial charge in [0.1, 0.15) is 0 Å². The van der Waals surface area contributed by atoms with Crippen molar-refractivity contribution in [3.8, 4) is 0 Å². The first kappa shape index (κ1) is 14.5. The monoisotopic (exact) mass is 303 g/mol. The van der Waals surface area contributed by atoms with E-state index in [-0.39, 0.29) is 5.75 Å². The van der Waals surface area contributed by atoms with Gasteiger partial charge in [0.2, 0.25) is 10.0 Å². The second-order valence-corrected chi connectivity index (χ2v) is 7.78. The summed E-state index contributed by atoms with van der Waals surface area (Å²) in [6.07, 6.45) is 1.35. The highest BCUT2D eigenvalue weighted by Crippen LogP contribution is 2.21. The Hall–Kier alpha value is -0.920.